The number of ether oxygens (including phenoxy) is 1. The third-order valence-corrected chi connectivity index (χ3v) is 1.40. The largest absolute Gasteiger partial charge is 0.491 e. The van der Waals surface area contributed by atoms with Crippen molar-refractivity contribution in [2.24, 2.45) is 5.73 Å². The van der Waals surface area contributed by atoms with Gasteiger partial charge in [0.05, 0.1) is 6.61 Å². The van der Waals surface area contributed by atoms with Gasteiger partial charge in [-0.2, -0.15) is 0 Å². The highest BCUT2D eigenvalue weighted by Gasteiger charge is 2.10. The summed E-state index contributed by atoms with van der Waals surface area (Å²) >= 11 is 0. The first kappa shape index (κ1) is 11.6. The highest BCUT2D eigenvalue weighted by Crippen LogP contribution is 1.97. The van der Waals surface area contributed by atoms with Gasteiger partial charge >= 0.3 is 5.97 Å². The van der Waals surface area contributed by atoms with E-state index >= 15 is 0 Å². The number of nitrogens with two attached hydrogens (primary N) is 1. The molecule has 0 fully saturated rings. The Labute approximate surface area is 76.2 Å². The lowest BCUT2D eigenvalue weighted by Crippen LogP contribution is -2.30. The van der Waals surface area contributed by atoms with Crippen LogP contribution >= 0.6 is 0 Å². The van der Waals surface area contributed by atoms with Crippen molar-refractivity contribution < 1.29 is 19.4 Å². The lowest BCUT2D eigenvalue weighted by molar-refractivity contribution is -0.138. The third kappa shape index (κ3) is 5.86. The molecule has 0 saturated carbocycles. The second-order valence-electron chi connectivity index (χ2n) is 2.52. The summed E-state index contributed by atoms with van der Waals surface area (Å²) in [6.07, 6.45) is 1.30. The normalized spacial score (nSPS) is 11.8. The summed E-state index contributed by atoms with van der Waals surface area (Å²) in [5, 5.41) is 8.40. The second-order valence-corrected chi connectivity index (χ2v) is 2.52. The van der Waals surface area contributed by atoms with E-state index in [0.717, 1.165) is 0 Å². The molecule has 0 amide bonds. The van der Waals surface area contributed by atoms with Crippen LogP contribution in [-0.4, -0.2) is 30.0 Å². The zero-order valence-electron chi connectivity index (χ0n) is 7.23. The molecule has 0 rings (SSSR count). The van der Waals surface area contributed by atoms with Crippen LogP contribution in [0.4, 0.5) is 0 Å². The lowest BCUT2D eigenvalue weighted by atomic mass is 10.2. The zero-order valence-corrected chi connectivity index (χ0v) is 7.23. The van der Waals surface area contributed by atoms with E-state index in [1.54, 1.807) is 0 Å². The Morgan fingerprint density at radius 3 is 2.77 bits per heavy atom. The second kappa shape index (κ2) is 6.19. The van der Waals surface area contributed by atoms with Crippen molar-refractivity contribution in [1.82, 2.24) is 0 Å². The number of hydrogen-bond donors (Lipinski definition) is 2. The molecule has 0 aromatic heterocycles. The Bertz CT molecular complexity index is 202. The monoisotopic (exact) mass is 187 g/mol. The van der Waals surface area contributed by atoms with Crippen LogP contribution in [-0.2, 0) is 14.3 Å². The molecular formula is C8H13NO4. The fourth-order valence-electron chi connectivity index (χ4n) is 0.664. The molecule has 0 heterocycles. The number of aliphatic carboxylic acids is 1. The number of carbonyl (C=O) groups is 2. The van der Waals surface area contributed by atoms with Gasteiger partial charge in [-0.3, -0.25) is 9.59 Å². The standard InChI is InChI=1S/C8H13NO4/c1-6(5-10)13-4-2-3-7(9)8(11)12/h5,7H,1-4,9H2,(H,11,12). The van der Waals surface area contributed by atoms with Gasteiger partial charge in [0.25, 0.3) is 0 Å². The van der Waals surface area contributed by atoms with Crippen LogP contribution in [0, 0.1) is 0 Å². The molecule has 0 bridgehead atoms. The van der Waals surface area contributed by atoms with E-state index in [9.17, 15) is 9.59 Å². The van der Waals surface area contributed by atoms with Crippen molar-refractivity contribution in [2.45, 2.75) is 18.9 Å². The molecule has 0 aliphatic rings. The molecule has 13 heavy (non-hydrogen) atoms. The maximum atomic E-state index is 10.2. The summed E-state index contributed by atoms with van der Waals surface area (Å²) in [5.41, 5.74) is 5.22. The van der Waals surface area contributed by atoms with Crippen molar-refractivity contribution in [3.8, 4) is 0 Å². The maximum absolute atomic E-state index is 10.2. The summed E-state index contributed by atoms with van der Waals surface area (Å²) < 4.78 is 4.81. The Morgan fingerprint density at radius 1 is 1.69 bits per heavy atom. The molecule has 5 nitrogen and oxygen atoms in total. The van der Waals surface area contributed by atoms with Crippen molar-refractivity contribution >= 4 is 12.3 Å². The number of carbonyl (C=O) groups excluding carboxylic acids is 1. The predicted octanol–water partition coefficient (Wildman–Crippen LogP) is -0.0923. The summed E-state index contributed by atoms with van der Waals surface area (Å²) in [6.45, 7) is 3.55. The van der Waals surface area contributed by atoms with Crippen LogP contribution < -0.4 is 5.73 Å². The van der Waals surface area contributed by atoms with Gasteiger partial charge in [-0.1, -0.05) is 6.58 Å². The molecular weight excluding hydrogens is 174 g/mol. The first-order valence-electron chi connectivity index (χ1n) is 3.83. The van der Waals surface area contributed by atoms with Crippen molar-refractivity contribution in [2.75, 3.05) is 6.61 Å². The van der Waals surface area contributed by atoms with Crippen molar-refractivity contribution in [1.29, 1.82) is 0 Å². The lowest BCUT2D eigenvalue weighted by Gasteiger charge is -2.06. The van der Waals surface area contributed by atoms with E-state index in [-0.39, 0.29) is 12.4 Å². The Morgan fingerprint density at radius 2 is 2.31 bits per heavy atom. The summed E-state index contributed by atoms with van der Waals surface area (Å²) in [6, 6.07) is -0.868. The molecule has 0 spiro atoms. The van der Waals surface area contributed by atoms with E-state index in [2.05, 4.69) is 6.58 Å². The molecule has 5 heteroatoms. The van der Waals surface area contributed by atoms with Crippen molar-refractivity contribution in [3.63, 3.8) is 0 Å². The molecule has 1 unspecified atom stereocenters. The topological polar surface area (TPSA) is 89.6 Å². The Kier molecular flexibility index (Phi) is 5.54. The predicted molar refractivity (Wildman–Crippen MR) is 46.0 cm³/mol. The zero-order chi connectivity index (χ0) is 10.3. The fraction of sp³-hybridized carbons (Fsp3) is 0.500. The van der Waals surface area contributed by atoms with Crippen molar-refractivity contribution in [3.05, 3.63) is 12.3 Å². The number of hydrogen-bond acceptors (Lipinski definition) is 4. The molecule has 0 aliphatic carbocycles. The highest BCUT2D eigenvalue weighted by atomic mass is 16.5. The molecule has 0 saturated heterocycles. The van der Waals surface area contributed by atoms with Gasteiger partial charge in [0.2, 0.25) is 0 Å². The summed E-state index contributed by atoms with van der Waals surface area (Å²) in [5.74, 6) is -0.988. The first-order valence-corrected chi connectivity index (χ1v) is 3.83. The Hall–Kier alpha value is -1.36. The van der Waals surface area contributed by atoms with Gasteiger partial charge < -0.3 is 15.6 Å². The van der Waals surface area contributed by atoms with E-state index in [1.165, 1.54) is 0 Å². The number of aldehydes is 1. The third-order valence-electron chi connectivity index (χ3n) is 1.40. The summed E-state index contributed by atoms with van der Waals surface area (Å²) in [7, 11) is 0. The van der Waals surface area contributed by atoms with Gasteiger partial charge in [0, 0.05) is 0 Å². The SMILES string of the molecule is C=C(C=O)OCCCC(N)C(=O)O. The minimum Gasteiger partial charge on any atom is -0.491 e. The summed E-state index contributed by atoms with van der Waals surface area (Å²) in [4.78, 5) is 20.2. The fourth-order valence-corrected chi connectivity index (χ4v) is 0.664. The molecule has 0 aromatic carbocycles. The molecule has 74 valence electrons. The number of carboxylic acid groups (broad SMARTS) is 1. The van der Waals surface area contributed by atoms with Gasteiger partial charge in [0.1, 0.15) is 6.04 Å². The van der Waals surface area contributed by atoms with Crippen LogP contribution in [0.1, 0.15) is 12.8 Å². The van der Waals surface area contributed by atoms with Crippen LogP contribution in [0.2, 0.25) is 0 Å². The minimum atomic E-state index is -1.03. The number of rotatable bonds is 7. The van der Waals surface area contributed by atoms with Crippen LogP contribution in [0.3, 0.4) is 0 Å². The van der Waals surface area contributed by atoms with E-state index < -0.39 is 12.0 Å². The minimum absolute atomic E-state index is 0.0453. The molecule has 3 N–H and O–H groups in total. The number of allylic oxidation sites excluding steroid dienone is 1. The quantitative estimate of drug-likeness (QED) is 0.251. The van der Waals surface area contributed by atoms with E-state index in [1.807, 2.05) is 0 Å². The van der Waals surface area contributed by atoms with Gasteiger partial charge in [-0.05, 0) is 12.8 Å². The Balaban J connectivity index is 3.40. The first-order chi connectivity index (χ1) is 6.07. The highest BCUT2D eigenvalue weighted by molar-refractivity contribution is 5.72. The van der Waals surface area contributed by atoms with Crippen LogP contribution in [0.25, 0.3) is 0 Å². The maximum Gasteiger partial charge on any atom is 0.320 e. The van der Waals surface area contributed by atoms with Gasteiger partial charge in [0.15, 0.2) is 12.0 Å². The number of carboxylic acids is 1. The molecule has 0 aromatic rings. The average molecular weight is 187 g/mol. The van der Waals surface area contributed by atoms with Gasteiger partial charge in [-0.25, -0.2) is 0 Å². The smallest absolute Gasteiger partial charge is 0.320 e. The van der Waals surface area contributed by atoms with E-state index in [4.69, 9.17) is 15.6 Å². The van der Waals surface area contributed by atoms with Crippen LogP contribution in [0.15, 0.2) is 12.3 Å². The van der Waals surface area contributed by atoms with Crippen LogP contribution in [0.5, 0.6) is 0 Å². The van der Waals surface area contributed by atoms with Gasteiger partial charge in [-0.15, -0.1) is 0 Å². The molecule has 0 radical (unpaired) electrons. The molecule has 0 aliphatic heterocycles. The van der Waals surface area contributed by atoms with E-state index in [0.29, 0.717) is 19.1 Å². The molecule has 1 atom stereocenters. The average Bonchev–Trinajstić information content (AvgIpc) is 2.11.